The van der Waals surface area contributed by atoms with E-state index in [9.17, 15) is 19.2 Å². The first-order valence-electron chi connectivity index (χ1n) is 8.53. The molecule has 8 heteroatoms. The molecule has 0 aromatic heterocycles. The predicted octanol–water partition coefficient (Wildman–Crippen LogP) is 1.14. The van der Waals surface area contributed by atoms with Crippen LogP contribution in [0.3, 0.4) is 0 Å². The van der Waals surface area contributed by atoms with Crippen LogP contribution in [0.15, 0.2) is 48.5 Å². The van der Waals surface area contributed by atoms with E-state index in [-0.39, 0.29) is 17.8 Å². The van der Waals surface area contributed by atoms with Gasteiger partial charge in [0.05, 0.1) is 17.8 Å². The van der Waals surface area contributed by atoms with E-state index in [2.05, 4.69) is 16.2 Å². The van der Waals surface area contributed by atoms with Crippen molar-refractivity contribution in [1.82, 2.24) is 15.8 Å². The highest BCUT2D eigenvalue weighted by Crippen LogP contribution is 2.17. The highest BCUT2D eigenvalue weighted by Gasteiger charge is 2.21. The molecule has 2 aromatic carbocycles. The largest absolute Gasteiger partial charge is 0.321 e. The van der Waals surface area contributed by atoms with Crippen molar-refractivity contribution >= 4 is 29.2 Å². The lowest BCUT2D eigenvalue weighted by Crippen LogP contribution is -2.47. The molecule has 0 aliphatic heterocycles. The Morgan fingerprint density at radius 1 is 0.893 bits per heavy atom. The van der Waals surface area contributed by atoms with Gasteiger partial charge in [-0.2, -0.15) is 0 Å². The van der Waals surface area contributed by atoms with Crippen LogP contribution in [-0.2, 0) is 9.59 Å². The van der Waals surface area contributed by atoms with Crippen molar-refractivity contribution in [1.29, 1.82) is 0 Å². The summed E-state index contributed by atoms with van der Waals surface area (Å²) in [6.45, 7) is 1.96. The van der Waals surface area contributed by atoms with Gasteiger partial charge in [-0.15, -0.1) is 0 Å². The van der Waals surface area contributed by atoms with Gasteiger partial charge in [-0.1, -0.05) is 29.8 Å². The number of amides is 3. The fraction of sp³-hybridized carbons (Fsp3) is 0.200. The van der Waals surface area contributed by atoms with Crippen LogP contribution in [0.4, 0.5) is 5.69 Å². The van der Waals surface area contributed by atoms with Crippen molar-refractivity contribution in [2.75, 3.05) is 26.0 Å². The number of likely N-dealkylation sites (N-methyl/N-ethyl adjacent to an activating group) is 1. The van der Waals surface area contributed by atoms with Gasteiger partial charge in [0.2, 0.25) is 0 Å². The highest BCUT2D eigenvalue weighted by atomic mass is 16.2. The zero-order chi connectivity index (χ0) is 20.7. The van der Waals surface area contributed by atoms with Crippen molar-refractivity contribution in [3.63, 3.8) is 0 Å². The molecule has 8 nitrogen and oxygen atoms in total. The van der Waals surface area contributed by atoms with Gasteiger partial charge in [-0.3, -0.25) is 30.0 Å². The molecule has 0 unspecified atom stereocenters. The summed E-state index contributed by atoms with van der Waals surface area (Å²) in [5, 5.41) is 2.64. The Hall–Kier alpha value is -3.52. The summed E-state index contributed by atoms with van der Waals surface area (Å²) >= 11 is 0. The van der Waals surface area contributed by atoms with Crippen LogP contribution in [0.25, 0.3) is 0 Å². The number of para-hydroxylation sites is 1. The topological polar surface area (TPSA) is 108 Å². The highest BCUT2D eigenvalue weighted by molar-refractivity contribution is 6.44. The normalized spacial score (nSPS) is 10.3. The summed E-state index contributed by atoms with van der Waals surface area (Å²) in [5.41, 5.74) is 5.90. The summed E-state index contributed by atoms with van der Waals surface area (Å²) in [6.07, 6.45) is 0. The first-order chi connectivity index (χ1) is 13.3. The first-order valence-corrected chi connectivity index (χ1v) is 8.53. The van der Waals surface area contributed by atoms with Gasteiger partial charge in [0.1, 0.15) is 0 Å². The SMILES string of the molecule is Cc1ccc(C(=O)Nc2ccccc2C(=O)C(=O)NNC(=O)CN(C)C)cc1. The Balaban J connectivity index is 2.08. The average molecular weight is 382 g/mol. The number of rotatable bonds is 6. The van der Waals surface area contributed by atoms with Gasteiger partial charge in [-0.25, -0.2) is 0 Å². The summed E-state index contributed by atoms with van der Waals surface area (Å²) in [7, 11) is 3.39. The maximum atomic E-state index is 12.4. The van der Waals surface area contributed by atoms with E-state index >= 15 is 0 Å². The maximum absolute atomic E-state index is 12.4. The second-order valence-electron chi connectivity index (χ2n) is 6.43. The fourth-order valence-corrected chi connectivity index (χ4v) is 2.32. The zero-order valence-corrected chi connectivity index (χ0v) is 15.9. The number of carbonyl (C=O) groups excluding carboxylic acids is 4. The van der Waals surface area contributed by atoms with Crippen molar-refractivity contribution in [3.05, 3.63) is 65.2 Å². The Morgan fingerprint density at radius 3 is 2.18 bits per heavy atom. The number of nitrogens with zero attached hydrogens (tertiary/aromatic N) is 1. The molecule has 0 heterocycles. The van der Waals surface area contributed by atoms with Crippen LogP contribution in [0, 0.1) is 6.92 Å². The molecule has 3 amide bonds. The standard InChI is InChI=1S/C20H22N4O4/c1-13-8-10-14(11-9-13)19(27)21-16-7-5-4-6-15(16)18(26)20(28)23-22-17(25)12-24(2)3/h4-11H,12H2,1-3H3,(H,21,27)(H,22,25)(H,23,28). The van der Waals surface area contributed by atoms with E-state index in [1.54, 1.807) is 55.4 Å². The van der Waals surface area contributed by atoms with Crippen molar-refractivity contribution in [2.24, 2.45) is 0 Å². The number of carbonyl (C=O) groups is 4. The molecule has 0 spiro atoms. The van der Waals surface area contributed by atoms with Crippen molar-refractivity contribution in [3.8, 4) is 0 Å². The summed E-state index contributed by atoms with van der Waals surface area (Å²) in [6, 6.07) is 13.1. The van der Waals surface area contributed by atoms with Gasteiger partial charge in [0, 0.05) is 5.56 Å². The smallest absolute Gasteiger partial charge is 0.310 e. The number of Topliss-reactive ketones (excluding diaryl/α,β-unsaturated/α-hetero) is 1. The summed E-state index contributed by atoms with van der Waals surface area (Å²) in [5.74, 6) is -2.76. The van der Waals surface area contributed by atoms with Crippen LogP contribution in [-0.4, -0.2) is 49.0 Å². The Kier molecular flexibility index (Phi) is 7.00. The lowest BCUT2D eigenvalue weighted by Gasteiger charge is -2.12. The molecule has 28 heavy (non-hydrogen) atoms. The number of hydrogen-bond acceptors (Lipinski definition) is 5. The molecule has 0 bridgehead atoms. The lowest BCUT2D eigenvalue weighted by molar-refractivity contribution is -0.127. The number of aryl methyl sites for hydroxylation is 1. The van der Waals surface area contributed by atoms with E-state index in [1.807, 2.05) is 6.92 Å². The van der Waals surface area contributed by atoms with E-state index in [1.165, 1.54) is 12.1 Å². The molecule has 0 atom stereocenters. The molecule has 2 rings (SSSR count). The molecule has 0 aliphatic rings. The number of ketones is 1. The van der Waals surface area contributed by atoms with Crippen LogP contribution < -0.4 is 16.2 Å². The van der Waals surface area contributed by atoms with Gasteiger partial charge in [0.15, 0.2) is 0 Å². The molecule has 0 radical (unpaired) electrons. The molecular weight excluding hydrogens is 360 g/mol. The molecule has 146 valence electrons. The van der Waals surface area contributed by atoms with Crippen molar-refractivity contribution < 1.29 is 19.2 Å². The van der Waals surface area contributed by atoms with Crippen LogP contribution in [0.1, 0.15) is 26.3 Å². The molecule has 3 N–H and O–H groups in total. The fourth-order valence-electron chi connectivity index (χ4n) is 2.32. The average Bonchev–Trinajstić information content (AvgIpc) is 2.66. The quantitative estimate of drug-likeness (QED) is 0.395. The van der Waals surface area contributed by atoms with Crippen LogP contribution in [0.2, 0.25) is 0 Å². The van der Waals surface area contributed by atoms with Gasteiger partial charge < -0.3 is 10.2 Å². The summed E-state index contributed by atoms with van der Waals surface area (Å²) in [4.78, 5) is 50.1. The predicted molar refractivity (Wildman–Crippen MR) is 105 cm³/mol. The third-order valence-electron chi connectivity index (χ3n) is 3.72. The minimum Gasteiger partial charge on any atom is -0.321 e. The molecular formula is C20H22N4O4. The third kappa shape index (κ3) is 5.75. The molecule has 0 aliphatic carbocycles. The van der Waals surface area contributed by atoms with E-state index in [0.717, 1.165) is 5.56 Å². The second kappa shape index (κ2) is 9.43. The number of hydrazine groups is 1. The van der Waals surface area contributed by atoms with Crippen LogP contribution in [0.5, 0.6) is 0 Å². The van der Waals surface area contributed by atoms with Crippen LogP contribution >= 0.6 is 0 Å². The van der Waals surface area contributed by atoms with E-state index < -0.39 is 23.5 Å². The van der Waals surface area contributed by atoms with E-state index in [0.29, 0.717) is 5.56 Å². The second-order valence-corrected chi connectivity index (χ2v) is 6.43. The first kappa shape index (κ1) is 20.8. The van der Waals surface area contributed by atoms with E-state index in [4.69, 9.17) is 0 Å². The number of anilines is 1. The van der Waals surface area contributed by atoms with Crippen molar-refractivity contribution in [2.45, 2.75) is 6.92 Å². The van der Waals surface area contributed by atoms with Gasteiger partial charge in [0.25, 0.3) is 17.6 Å². The molecule has 0 saturated heterocycles. The number of benzene rings is 2. The molecule has 0 fully saturated rings. The number of nitrogens with one attached hydrogen (secondary N) is 3. The molecule has 0 saturated carbocycles. The van der Waals surface area contributed by atoms with Gasteiger partial charge >= 0.3 is 5.91 Å². The van der Waals surface area contributed by atoms with Gasteiger partial charge in [-0.05, 0) is 45.3 Å². The minimum absolute atomic E-state index is 0.0160. The Morgan fingerprint density at radius 2 is 1.54 bits per heavy atom. The summed E-state index contributed by atoms with van der Waals surface area (Å²) < 4.78 is 0. The third-order valence-corrected chi connectivity index (χ3v) is 3.72. The maximum Gasteiger partial charge on any atom is 0.310 e. The molecule has 2 aromatic rings. The zero-order valence-electron chi connectivity index (χ0n) is 15.9. The Bertz CT molecular complexity index is 891. The lowest BCUT2D eigenvalue weighted by atomic mass is 10.1. The number of hydrogen-bond donors (Lipinski definition) is 3. The minimum atomic E-state index is -1.01. The Labute approximate surface area is 162 Å². The monoisotopic (exact) mass is 382 g/mol.